The highest BCUT2D eigenvalue weighted by atomic mass is 32.1. The van der Waals surface area contributed by atoms with Crippen LogP contribution in [0.1, 0.15) is 35.4 Å². The van der Waals surface area contributed by atoms with Crippen LogP contribution in [0.2, 0.25) is 0 Å². The molecule has 138 valence electrons. The van der Waals surface area contributed by atoms with E-state index >= 15 is 0 Å². The maximum atomic E-state index is 11.2. The van der Waals surface area contributed by atoms with Crippen LogP contribution in [0.4, 0.5) is 5.69 Å². The number of aromatic nitrogens is 1. The molecule has 0 saturated carbocycles. The van der Waals surface area contributed by atoms with Crippen LogP contribution >= 0.6 is 11.3 Å². The fourth-order valence-electron chi connectivity index (χ4n) is 2.79. The first-order chi connectivity index (χ1) is 12.9. The minimum atomic E-state index is -0.843. The standard InChI is InChI=1S/C20H18N2O4S/c1-13-9-10-14(12-17(13)22(25)26)11-15(5-4-8-19(23)24)20-21-16-6-2-3-7-18(16)27-20/h2-3,6-7,9-12H,4-5,8H2,1H3,(H,23,24)/b15-11-. The topological polar surface area (TPSA) is 93.3 Å². The number of benzene rings is 2. The Morgan fingerprint density at radius 1 is 1.26 bits per heavy atom. The fraction of sp³-hybridized carbons (Fsp3) is 0.200. The van der Waals surface area contributed by atoms with Crippen molar-refractivity contribution < 1.29 is 14.8 Å². The van der Waals surface area contributed by atoms with Crippen LogP contribution < -0.4 is 0 Å². The Balaban J connectivity index is 2.00. The number of para-hydroxylation sites is 1. The Kier molecular flexibility index (Phi) is 5.61. The highest BCUT2D eigenvalue weighted by Gasteiger charge is 2.13. The Morgan fingerprint density at radius 2 is 2.04 bits per heavy atom. The molecule has 0 atom stereocenters. The Morgan fingerprint density at radius 3 is 2.74 bits per heavy atom. The number of nitrogens with zero attached hydrogens (tertiary/aromatic N) is 2. The van der Waals surface area contributed by atoms with Crippen LogP contribution in [0.15, 0.2) is 42.5 Å². The van der Waals surface area contributed by atoms with E-state index in [0.717, 1.165) is 20.8 Å². The lowest BCUT2D eigenvalue weighted by atomic mass is 10.0. The van der Waals surface area contributed by atoms with Gasteiger partial charge in [0.1, 0.15) is 5.01 Å². The van der Waals surface area contributed by atoms with Crippen molar-refractivity contribution in [1.82, 2.24) is 4.98 Å². The number of nitro groups is 1. The van der Waals surface area contributed by atoms with E-state index in [0.29, 0.717) is 24.0 Å². The summed E-state index contributed by atoms with van der Waals surface area (Å²) in [7, 11) is 0. The molecule has 0 aliphatic carbocycles. The maximum Gasteiger partial charge on any atom is 0.303 e. The highest BCUT2D eigenvalue weighted by molar-refractivity contribution is 7.19. The summed E-state index contributed by atoms with van der Waals surface area (Å²) in [5.74, 6) is -0.843. The lowest BCUT2D eigenvalue weighted by Crippen LogP contribution is -1.95. The number of nitro benzene ring substituents is 1. The van der Waals surface area contributed by atoms with Gasteiger partial charge in [-0.05, 0) is 49.1 Å². The van der Waals surface area contributed by atoms with Crippen molar-refractivity contribution in [3.05, 3.63) is 68.7 Å². The third-order valence-electron chi connectivity index (χ3n) is 4.18. The summed E-state index contributed by atoms with van der Waals surface area (Å²) in [5.41, 5.74) is 3.14. The van der Waals surface area contributed by atoms with Gasteiger partial charge in [-0.1, -0.05) is 24.3 Å². The summed E-state index contributed by atoms with van der Waals surface area (Å²) in [5, 5.41) is 20.9. The summed E-state index contributed by atoms with van der Waals surface area (Å²) in [6.07, 6.45) is 2.95. The summed E-state index contributed by atoms with van der Waals surface area (Å²) >= 11 is 1.54. The molecule has 0 aliphatic heterocycles. The molecule has 1 aromatic heterocycles. The first-order valence-electron chi connectivity index (χ1n) is 8.47. The minimum absolute atomic E-state index is 0.0658. The van der Waals surface area contributed by atoms with Gasteiger partial charge in [0.15, 0.2) is 0 Å². The number of carbonyl (C=O) groups is 1. The lowest BCUT2D eigenvalue weighted by Gasteiger charge is -2.05. The van der Waals surface area contributed by atoms with E-state index in [9.17, 15) is 14.9 Å². The van der Waals surface area contributed by atoms with E-state index in [1.807, 2.05) is 36.4 Å². The van der Waals surface area contributed by atoms with Crippen molar-refractivity contribution in [1.29, 1.82) is 0 Å². The summed E-state index contributed by atoms with van der Waals surface area (Å²) in [6, 6.07) is 12.9. The first-order valence-corrected chi connectivity index (χ1v) is 9.29. The second-order valence-electron chi connectivity index (χ2n) is 6.21. The molecule has 0 unspecified atom stereocenters. The van der Waals surface area contributed by atoms with Crippen LogP contribution in [0.25, 0.3) is 21.9 Å². The van der Waals surface area contributed by atoms with Crippen molar-refractivity contribution in [2.45, 2.75) is 26.2 Å². The normalized spacial score (nSPS) is 11.7. The van der Waals surface area contributed by atoms with Crippen LogP contribution in [0.3, 0.4) is 0 Å². The average Bonchev–Trinajstić information content (AvgIpc) is 3.06. The first kappa shape index (κ1) is 18.7. The van der Waals surface area contributed by atoms with Crippen molar-refractivity contribution >= 4 is 44.9 Å². The number of rotatable bonds is 7. The van der Waals surface area contributed by atoms with Crippen LogP contribution in [0.5, 0.6) is 0 Å². The third-order valence-corrected chi connectivity index (χ3v) is 5.29. The Labute approximate surface area is 160 Å². The smallest absolute Gasteiger partial charge is 0.303 e. The van der Waals surface area contributed by atoms with E-state index in [1.54, 1.807) is 19.1 Å². The van der Waals surface area contributed by atoms with Crippen LogP contribution in [-0.4, -0.2) is 21.0 Å². The van der Waals surface area contributed by atoms with Crippen molar-refractivity contribution in [3.63, 3.8) is 0 Å². The average molecular weight is 382 g/mol. The van der Waals surface area contributed by atoms with Gasteiger partial charge in [0, 0.05) is 18.1 Å². The number of thiazole rings is 1. The quantitative estimate of drug-likeness (QED) is 0.441. The largest absolute Gasteiger partial charge is 0.481 e. The van der Waals surface area contributed by atoms with Gasteiger partial charge in [0.2, 0.25) is 0 Å². The number of aliphatic carboxylic acids is 1. The molecule has 0 radical (unpaired) electrons. The second-order valence-corrected chi connectivity index (χ2v) is 7.24. The zero-order valence-corrected chi connectivity index (χ0v) is 15.5. The molecule has 0 fully saturated rings. The molecule has 1 N–H and O–H groups in total. The molecule has 1 heterocycles. The summed E-state index contributed by atoms with van der Waals surface area (Å²) in [4.78, 5) is 26.3. The van der Waals surface area contributed by atoms with Gasteiger partial charge in [0.25, 0.3) is 5.69 Å². The molecule has 2 aromatic carbocycles. The zero-order valence-electron chi connectivity index (χ0n) is 14.7. The van der Waals surface area contributed by atoms with Gasteiger partial charge >= 0.3 is 5.97 Å². The molecule has 3 aromatic rings. The summed E-state index contributed by atoms with van der Waals surface area (Å²) < 4.78 is 1.05. The van der Waals surface area contributed by atoms with E-state index in [2.05, 4.69) is 4.98 Å². The van der Waals surface area contributed by atoms with E-state index in [-0.39, 0.29) is 12.1 Å². The van der Waals surface area contributed by atoms with Gasteiger partial charge in [0.05, 0.1) is 15.1 Å². The van der Waals surface area contributed by atoms with Gasteiger partial charge in [-0.25, -0.2) is 4.98 Å². The number of allylic oxidation sites excluding steroid dienone is 1. The fourth-order valence-corrected chi connectivity index (χ4v) is 3.80. The number of aryl methyl sites for hydroxylation is 1. The predicted molar refractivity (Wildman–Crippen MR) is 107 cm³/mol. The van der Waals surface area contributed by atoms with E-state index < -0.39 is 10.9 Å². The Bertz CT molecular complexity index is 1010. The molecule has 7 heteroatoms. The highest BCUT2D eigenvalue weighted by Crippen LogP contribution is 2.32. The number of fused-ring (bicyclic) bond motifs is 1. The molecule has 0 saturated heterocycles. The van der Waals surface area contributed by atoms with Crippen LogP contribution in [0, 0.1) is 17.0 Å². The number of carboxylic acid groups (broad SMARTS) is 1. The molecule has 0 amide bonds. The molecular weight excluding hydrogens is 364 g/mol. The molecule has 27 heavy (non-hydrogen) atoms. The number of hydrogen-bond acceptors (Lipinski definition) is 5. The zero-order chi connectivity index (χ0) is 19.4. The SMILES string of the molecule is Cc1ccc(/C=C(/CCCC(=O)O)c2nc3ccccc3s2)cc1[N+](=O)[O-]. The molecule has 0 aliphatic rings. The van der Waals surface area contributed by atoms with E-state index in [1.165, 1.54) is 11.3 Å². The minimum Gasteiger partial charge on any atom is -0.481 e. The molecule has 6 nitrogen and oxygen atoms in total. The van der Waals surface area contributed by atoms with Gasteiger partial charge in [-0.2, -0.15) is 0 Å². The van der Waals surface area contributed by atoms with Crippen molar-refractivity contribution in [3.8, 4) is 0 Å². The maximum absolute atomic E-state index is 11.2. The van der Waals surface area contributed by atoms with Gasteiger partial charge in [-0.15, -0.1) is 11.3 Å². The third kappa shape index (κ3) is 4.57. The molecule has 0 bridgehead atoms. The monoisotopic (exact) mass is 382 g/mol. The van der Waals surface area contributed by atoms with E-state index in [4.69, 9.17) is 5.11 Å². The predicted octanol–water partition coefficient (Wildman–Crippen LogP) is 5.31. The molecule has 0 spiro atoms. The summed E-state index contributed by atoms with van der Waals surface area (Å²) in [6.45, 7) is 1.70. The molecule has 3 rings (SSSR count). The van der Waals surface area contributed by atoms with Gasteiger partial charge < -0.3 is 5.11 Å². The number of carboxylic acids is 1. The number of hydrogen-bond donors (Lipinski definition) is 1. The lowest BCUT2D eigenvalue weighted by molar-refractivity contribution is -0.385. The second kappa shape index (κ2) is 8.09. The Hall–Kier alpha value is -3.06. The van der Waals surface area contributed by atoms with Crippen LogP contribution in [-0.2, 0) is 4.79 Å². The van der Waals surface area contributed by atoms with Crippen molar-refractivity contribution in [2.75, 3.05) is 0 Å². The van der Waals surface area contributed by atoms with Crippen molar-refractivity contribution in [2.24, 2.45) is 0 Å². The molecular formula is C20H18N2O4S. The van der Waals surface area contributed by atoms with Gasteiger partial charge in [-0.3, -0.25) is 14.9 Å².